The number of nitrogen functional groups attached to an aromatic ring is 1. The lowest BCUT2D eigenvalue weighted by molar-refractivity contribution is 0.597. The molecule has 0 bridgehead atoms. The fourth-order valence-corrected chi connectivity index (χ4v) is 4.91. The van der Waals surface area contributed by atoms with Gasteiger partial charge in [-0.05, 0) is 48.5 Å². The van der Waals surface area contributed by atoms with E-state index in [1.165, 1.54) is 35.2 Å². The summed E-state index contributed by atoms with van der Waals surface area (Å²) in [6, 6.07) is 18.4. The van der Waals surface area contributed by atoms with Gasteiger partial charge in [-0.1, -0.05) is 29.8 Å². The highest BCUT2D eigenvalue weighted by Gasteiger charge is 2.30. The fourth-order valence-electron chi connectivity index (χ4n) is 3.30. The maximum absolute atomic E-state index is 13.5. The maximum atomic E-state index is 13.5. The van der Waals surface area contributed by atoms with Crippen molar-refractivity contribution in [1.82, 2.24) is 19.6 Å². The predicted molar refractivity (Wildman–Crippen MR) is 124 cm³/mol. The number of nitrogens with two attached hydrogens (primary N) is 1. The zero-order valence-electron chi connectivity index (χ0n) is 16.4. The van der Waals surface area contributed by atoms with Crippen LogP contribution in [0.2, 0.25) is 5.02 Å². The van der Waals surface area contributed by atoms with Gasteiger partial charge in [-0.3, -0.25) is 4.98 Å². The summed E-state index contributed by atoms with van der Waals surface area (Å²) in [5.41, 5.74) is 8.40. The summed E-state index contributed by atoms with van der Waals surface area (Å²) < 4.78 is 28.3. The van der Waals surface area contributed by atoms with Gasteiger partial charge < -0.3 is 5.73 Å². The normalized spacial score (nSPS) is 12.2. The lowest BCUT2D eigenvalue weighted by atomic mass is 10.3. The van der Waals surface area contributed by atoms with Crippen molar-refractivity contribution in [3.8, 4) is 0 Å². The number of halogens is 1. The van der Waals surface area contributed by atoms with Gasteiger partial charge in [-0.2, -0.15) is 9.78 Å². The molecule has 0 aliphatic carbocycles. The van der Waals surface area contributed by atoms with Crippen LogP contribution in [-0.2, 0) is 9.84 Å². The molecular formula is C22H15ClN6O2S. The third kappa shape index (κ3) is 3.37. The first-order valence-corrected chi connectivity index (χ1v) is 11.3. The molecule has 0 spiro atoms. The summed E-state index contributed by atoms with van der Waals surface area (Å²) in [5.74, 6) is -0.0996. The molecule has 0 radical (unpaired) electrons. The van der Waals surface area contributed by atoms with Crippen molar-refractivity contribution in [2.24, 2.45) is 5.10 Å². The molecule has 10 heteroatoms. The third-order valence-electron chi connectivity index (χ3n) is 4.81. The van der Waals surface area contributed by atoms with Crippen LogP contribution in [0.15, 0.2) is 87.8 Å². The third-order valence-corrected chi connectivity index (χ3v) is 6.90. The molecule has 0 saturated heterocycles. The van der Waals surface area contributed by atoms with Crippen LogP contribution < -0.4 is 5.73 Å². The van der Waals surface area contributed by atoms with E-state index in [1.54, 1.807) is 36.5 Å². The van der Waals surface area contributed by atoms with Gasteiger partial charge in [0.05, 0.1) is 27.8 Å². The first kappa shape index (κ1) is 20.1. The van der Waals surface area contributed by atoms with Crippen molar-refractivity contribution in [2.45, 2.75) is 9.79 Å². The highest BCUT2D eigenvalue weighted by molar-refractivity contribution is 7.92. The SMILES string of the molecule is Nc1c(S(=O)(=O)c2ccc(Cl)cc2)c2nc3ccccc3nc2n1/N=C\c1ccccn1. The van der Waals surface area contributed by atoms with E-state index in [-0.39, 0.29) is 26.8 Å². The Kier molecular flexibility index (Phi) is 4.84. The zero-order chi connectivity index (χ0) is 22.3. The van der Waals surface area contributed by atoms with Crippen LogP contribution in [0.1, 0.15) is 5.69 Å². The summed E-state index contributed by atoms with van der Waals surface area (Å²) in [6.45, 7) is 0. The van der Waals surface area contributed by atoms with E-state index in [9.17, 15) is 8.42 Å². The molecule has 8 nitrogen and oxygen atoms in total. The Morgan fingerprint density at radius 3 is 2.31 bits per heavy atom. The van der Waals surface area contributed by atoms with Crippen molar-refractivity contribution < 1.29 is 8.42 Å². The maximum Gasteiger partial charge on any atom is 0.212 e. The van der Waals surface area contributed by atoms with Crippen molar-refractivity contribution >= 4 is 55.7 Å². The zero-order valence-corrected chi connectivity index (χ0v) is 18.0. The predicted octanol–water partition coefficient (Wildman–Crippen LogP) is 3.93. The molecule has 0 atom stereocenters. The van der Waals surface area contributed by atoms with E-state index < -0.39 is 9.84 Å². The second-order valence-electron chi connectivity index (χ2n) is 6.87. The molecule has 0 fully saturated rings. The average Bonchev–Trinajstić information content (AvgIpc) is 3.07. The van der Waals surface area contributed by atoms with Crippen molar-refractivity contribution in [1.29, 1.82) is 0 Å². The Morgan fingerprint density at radius 2 is 1.62 bits per heavy atom. The second-order valence-corrected chi connectivity index (χ2v) is 9.19. The summed E-state index contributed by atoms with van der Waals surface area (Å²) in [6.07, 6.45) is 3.10. The van der Waals surface area contributed by atoms with Gasteiger partial charge in [0.25, 0.3) is 0 Å². The number of aromatic nitrogens is 4. The minimum absolute atomic E-state index is 0.0383. The molecule has 0 unspecified atom stereocenters. The van der Waals surface area contributed by atoms with Gasteiger partial charge in [0.1, 0.15) is 16.2 Å². The van der Waals surface area contributed by atoms with Crippen molar-refractivity contribution in [2.75, 3.05) is 5.73 Å². The summed E-state index contributed by atoms with van der Waals surface area (Å²) in [4.78, 5) is 13.2. The van der Waals surface area contributed by atoms with Gasteiger partial charge in [-0.15, -0.1) is 0 Å². The number of nitrogens with zero attached hydrogens (tertiary/aromatic N) is 5. The highest BCUT2D eigenvalue weighted by Crippen LogP contribution is 2.35. The molecule has 0 amide bonds. The van der Waals surface area contributed by atoms with Gasteiger partial charge in [0, 0.05) is 11.2 Å². The lowest BCUT2D eigenvalue weighted by Crippen LogP contribution is -2.06. The van der Waals surface area contributed by atoms with E-state index in [2.05, 4.69) is 20.1 Å². The number of sulfone groups is 1. The molecule has 0 aliphatic heterocycles. The van der Waals surface area contributed by atoms with E-state index in [0.717, 1.165) is 0 Å². The first-order valence-electron chi connectivity index (χ1n) is 9.48. The molecule has 5 aromatic rings. The molecule has 32 heavy (non-hydrogen) atoms. The number of fused-ring (bicyclic) bond motifs is 2. The van der Waals surface area contributed by atoms with Gasteiger partial charge >= 0.3 is 0 Å². The molecular weight excluding hydrogens is 448 g/mol. The molecule has 3 aromatic heterocycles. The molecule has 2 N–H and O–H groups in total. The molecule has 158 valence electrons. The number of pyridine rings is 1. The minimum Gasteiger partial charge on any atom is -0.382 e. The summed E-state index contributed by atoms with van der Waals surface area (Å²) in [7, 11) is -4.04. The molecule has 5 rings (SSSR count). The van der Waals surface area contributed by atoms with Gasteiger partial charge in [0.2, 0.25) is 9.84 Å². The van der Waals surface area contributed by atoms with Gasteiger partial charge in [0.15, 0.2) is 5.65 Å². The van der Waals surface area contributed by atoms with E-state index in [1.807, 2.05) is 12.1 Å². The van der Waals surface area contributed by atoms with Crippen LogP contribution in [0.5, 0.6) is 0 Å². The number of rotatable bonds is 4. The van der Waals surface area contributed by atoms with Gasteiger partial charge in [-0.25, -0.2) is 18.4 Å². The topological polar surface area (TPSA) is 116 Å². The molecule has 3 heterocycles. The Hall–Kier alpha value is -3.82. The number of para-hydroxylation sites is 2. The quantitative estimate of drug-likeness (QED) is 0.404. The number of hydrogen-bond acceptors (Lipinski definition) is 7. The Morgan fingerprint density at radius 1 is 0.938 bits per heavy atom. The number of hydrogen-bond donors (Lipinski definition) is 1. The largest absolute Gasteiger partial charge is 0.382 e. The summed E-state index contributed by atoms with van der Waals surface area (Å²) in [5, 5.41) is 4.79. The van der Waals surface area contributed by atoms with Crippen LogP contribution in [0.25, 0.3) is 22.2 Å². The Labute approximate surface area is 187 Å². The van der Waals surface area contributed by atoms with E-state index >= 15 is 0 Å². The molecule has 0 aliphatic rings. The molecule has 2 aromatic carbocycles. The number of anilines is 1. The first-order chi connectivity index (χ1) is 15.4. The van der Waals surface area contributed by atoms with Crippen LogP contribution in [0, 0.1) is 0 Å². The van der Waals surface area contributed by atoms with E-state index in [0.29, 0.717) is 21.7 Å². The van der Waals surface area contributed by atoms with Crippen LogP contribution in [0.4, 0.5) is 5.82 Å². The highest BCUT2D eigenvalue weighted by atomic mass is 35.5. The van der Waals surface area contributed by atoms with Crippen LogP contribution in [0.3, 0.4) is 0 Å². The minimum atomic E-state index is -4.04. The Balaban J connectivity index is 1.81. The molecule has 0 saturated carbocycles. The Bertz CT molecular complexity index is 1600. The fraction of sp³-hybridized carbons (Fsp3) is 0. The average molecular weight is 463 g/mol. The second kappa shape index (κ2) is 7.70. The van der Waals surface area contributed by atoms with Crippen molar-refractivity contribution in [3.63, 3.8) is 0 Å². The van der Waals surface area contributed by atoms with E-state index in [4.69, 9.17) is 17.3 Å². The number of benzene rings is 2. The smallest absolute Gasteiger partial charge is 0.212 e. The monoisotopic (exact) mass is 462 g/mol. The summed E-state index contributed by atoms with van der Waals surface area (Å²) >= 11 is 5.93. The van der Waals surface area contributed by atoms with Crippen molar-refractivity contribution in [3.05, 3.63) is 83.6 Å². The standard InChI is InChI=1S/C22H15ClN6O2S/c23-14-8-10-16(11-9-14)32(30,31)20-19-22(28-18-7-2-1-6-17(18)27-19)29(21(20)24)26-13-15-5-3-4-12-25-15/h1-13H,24H2/b26-13-. The van der Waals surface area contributed by atoms with Crippen LogP contribution in [-0.4, -0.2) is 34.3 Å². The van der Waals surface area contributed by atoms with Crippen LogP contribution >= 0.6 is 11.6 Å². The lowest BCUT2D eigenvalue weighted by Gasteiger charge is -2.05.